The van der Waals surface area contributed by atoms with Gasteiger partial charge in [0, 0.05) is 51.1 Å². The van der Waals surface area contributed by atoms with E-state index in [0.29, 0.717) is 38.3 Å². The molecule has 2 aromatic rings. The van der Waals surface area contributed by atoms with Gasteiger partial charge in [-0.05, 0) is 48.8 Å². The van der Waals surface area contributed by atoms with E-state index in [1.807, 2.05) is 43.4 Å². The van der Waals surface area contributed by atoms with E-state index < -0.39 is 5.41 Å². The molecule has 2 heterocycles. The lowest BCUT2D eigenvalue weighted by Gasteiger charge is -2.42. The third kappa shape index (κ3) is 3.98. The number of piperidine rings is 1. The Balaban J connectivity index is 1.59. The van der Waals surface area contributed by atoms with Crippen LogP contribution in [0.3, 0.4) is 0 Å². The van der Waals surface area contributed by atoms with Gasteiger partial charge in [0.05, 0.1) is 5.41 Å². The molecule has 1 aliphatic heterocycles. The molecule has 5 nitrogen and oxygen atoms in total. The van der Waals surface area contributed by atoms with E-state index in [9.17, 15) is 9.59 Å². The lowest BCUT2D eigenvalue weighted by atomic mass is 9.71. The third-order valence-electron chi connectivity index (χ3n) is 6.84. The first kappa shape index (κ1) is 20.6. The predicted octanol–water partition coefficient (Wildman–Crippen LogP) is 3.64. The maximum absolute atomic E-state index is 13.4. The van der Waals surface area contributed by atoms with Crippen molar-refractivity contribution in [2.24, 2.45) is 17.3 Å². The van der Waals surface area contributed by atoms with E-state index in [0.717, 1.165) is 23.1 Å². The van der Waals surface area contributed by atoms with Crippen LogP contribution in [-0.4, -0.2) is 53.8 Å². The Kier molecular flexibility index (Phi) is 5.63. The van der Waals surface area contributed by atoms with Crippen molar-refractivity contribution in [3.8, 4) is 11.1 Å². The predicted molar refractivity (Wildman–Crippen MR) is 118 cm³/mol. The molecule has 1 saturated carbocycles. The number of pyridine rings is 1. The molecule has 1 aromatic heterocycles. The number of benzene rings is 1. The first-order chi connectivity index (χ1) is 14.4. The van der Waals surface area contributed by atoms with Crippen molar-refractivity contribution < 1.29 is 9.59 Å². The highest BCUT2D eigenvalue weighted by Gasteiger charge is 2.47. The summed E-state index contributed by atoms with van der Waals surface area (Å²) in [5.41, 5.74) is 2.88. The first-order valence-electron chi connectivity index (χ1n) is 10.9. The van der Waals surface area contributed by atoms with Crippen LogP contribution in [0.4, 0.5) is 0 Å². The van der Waals surface area contributed by atoms with E-state index in [-0.39, 0.29) is 17.7 Å². The lowest BCUT2D eigenvalue weighted by Crippen LogP contribution is -2.51. The number of hydrogen-bond acceptors (Lipinski definition) is 3. The molecule has 0 bridgehead atoms. The highest BCUT2D eigenvalue weighted by Crippen LogP contribution is 2.43. The minimum Gasteiger partial charge on any atom is -0.348 e. The fraction of sp³-hybridized carbons (Fsp3) is 0.480. The smallest absolute Gasteiger partial charge is 0.228 e. The van der Waals surface area contributed by atoms with Crippen LogP contribution in [0.2, 0.25) is 0 Å². The molecule has 0 N–H and O–H groups in total. The Morgan fingerprint density at radius 1 is 1.13 bits per heavy atom. The minimum absolute atomic E-state index is 0.162. The zero-order chi connectivity index (χ0) is 21.3. The fourth-order valence-corrected chi connectivity index (χ4v) is 4.84. The van der Waals surface area contributed by atoms with Gasteiger partial charge in [0.2, 0.25) is 11.8 Å². The van der Waals surface area contributed by atoms with Gasteiger partial charge in [-0.3, -0.25) is 14.6 Å². The number of aromatic nitrogens is 1. The topological polar surface area (TPSA) is 53.5 Å². The van der Waals surface area contributed by atoms with Gasteiger partial charge in [0.25, 0.3) is 0 Å². The average molecular weight is 406 g/mol. The summed E-state index contributed by atoms with van der Waals surface area (Å²) in [5, 5.41) is 0. The number of carbonyl (C=O) groups excluding carboxylic acids is 2. The maximum Gasteiger partial charge on any atom is 0.228 e. The summed E-state index contributed by atoms with van der Waals surface area (Å²) in [6, 6.07) is 12.3. The molecule has 2 amide bonds. The van der Waals surface area contributed by atoms with Crippen molar-refractivity contribution in [1.29, 1.82) is 0 Å². The number of carbonyl (C=O) groups is 2. The Morgan fingerprint density at radius 3 is 2.43 bits per heavy atom. The standard InChI is InChI=1S/C25H31N3O2/c1-18-15-22(18)23(29)28-13-10-25(11-14-28,24(30)27(2)3)16-19-7-4-5-9-21(19)20-8-6-12-26-17-20/h4-9,12,17-18,22H,10-11,13-16H2,1-3H3. The Hall–Kier alpha value is -2.69. The van der Waals surface area contributed by atoms with E-state index in [4.69, 9.17) is 0 Å². The Labute approximate surface area is 179 Å². The second-order valence-electron chi connectivity index (χ2n) is 9.20. The monoisotopic (exact) mass is 405 g/mol. The molecule has 2 atom stereocenters. The van der Waals surface area contributed by atoms with Gasteiger partial charge in [-0.1, -0.05) is 37.3 Å². The van der Waals surface area contributed by atoms with Crippen molar-refractivity contribution in [3.05, 3.63) is 54.4 Å². The van der Waals surface area contributed by atoms with Crippen molar-refractivity contribution in [1.82, 2.24) is 14.8 Å². The highest BCUT2D eigenvalue weighted by molar-refractivity contribution is 5.85. The fourth-order valence-electron chi connectivity index (χ4n) is 4.84. The number of likely N-dealkylation sites (tertiary alicyclic amines) is 1. The van der Waals surface area contributed by atoms with Gasteiger partial charge in [-0.25, -0.2) is 0 Å². The van der Waals surface area contributed by atoms with E-state index in [2.05, 4.69) is 30.1 Å². The molecular weight excluding hydrogens is 374 g/mol. The van der Waals surface area contributed by atoms with Gasteiger partial charge >= 0.3 is 0 Å². The molecular formula is C25H31N3O2. The lowest BCUT2D eigenvalue weighted by molar-refractivity contribution is -0.146. The molecule has 4 rings (SSSR count). The molecule has 30 heavy (non-hydrogen) atoms. The Morgan fingerprint density at radius 2 is 1.83 bits per heavy atom. The zero-order valence-corrected chi connectivity index (χ0v) is 18.2. The molecule has 158 valence electrons. The van der Waals surface area contributed by atoms with Crippen molar-refractivity contribution >= 4 is 11.8 Å². The summed E-state index contributed by atoms with van der Waals surface area (Å²) >= 11 is 0. The van der Waals surface area contributed by atoms with Crippen LogP contribution in [0.5, 0.6) is 0 Å². The zero-order valence-electron chi connectivity index (χ0n) is 18.2. The molecule has 2 aliphatic rings. The molecule has 2 fully saturated rings. The van der Waals surface area contributed by atoms with Crippen LogP contribution < -0.4 is 0 Å². The van der Waals surface area contributed by atoms with Gasteiger partial charge in [-0.15, -0.1) is 0 Å². The van der Waals surface area contributed by atoms with Gasteiger partial charge < -0.3 is 9.80 Å². The summed E-state index contributed by atoms with van der Waals surface area (Å²) in [4.78, 5) is 34.0. The second kappa shape index (κ2) is 8.21. The van der Waals surface area contributed by atoms with Crippen molar-refractivity contribution in [3.63, 3.8) is 0 Å². The van der Waals surface area contributed by atoms with Crippen LogP contribution in [0.25, 0.3) is 11.1 Å². The molecule has 1 aliphatic carbocycles. The van der Waals surface area contributed by atoms with Crippen LogP contribution in [0.15, 0.2) is 48.8 Å². The molecule has 0 radical (unpaired) electrons. The Bertz CT molecular complexity index is 917. The molecule has 2 unspecified atom stereocenters. The summed E-state index contributed by atoms with van der Waals surface area (Å²) in [6.45, 7) is 3.47. The van der Waals surface area contributed by atoms with Gasteiger partial charge in [-0.2, -0.15) is 0 Å². The van der Waals surface area contributed by atoms with Gasteiger partial charge in [0.15, 0.2) is 0 Å². The van der Waals surface area contributed by atoms with E-state index in [1.165, 1.54) is 0 Å². The van der Waals surface area contributed by atoms with Crippen LogP contribution in [0.1, 0.15) is 31.7 Å². The number of nitrogens with zero attached hydrogens (tertiary/aromatic N) is 3. The van der Waals surface area contributed by atoms with Crippen LogP contribution >= 0.6 is 0 Å². The SMILES string of the molecule is CC1CC1C(=O)N1CCC(Cc2ccccc2-c2cccnc2)(C(=O)N(C)C)CC1. The highest BCUT2D eigenvalue weighted by atomic mass is 16.2. The number of rotatable bonds is 5. The quantitative estimate of drug-likeness (QED) is 0.763. The molecule has 1 aromatic carbocycles. The van der Waals surface area contributed by atoms with E-state index in [1.54, 1.807) is 11.1 Å². The van der Waals surface area contributed by atoms with Crippen molar-refractivity contribution in [2.45, 2.75) is 32.6 Å². The molecule has 0 spiro atoms. The summed E-state index contributed by atoms with van der Waals surface area (Å²) < 4.78 is 0. The average Bonchev–Trinajstić information content (AvgIpc) is 3.50. The summed E-state index contributed by atoms with van der Waals surface area (Å²) in [5.74, 6) is 1.16. The first-order valence-corrected chi connectivity index (χ1v) is 10.9. The second-order valence-corrected chi connectivity index (χ2v) is 9.20. The number of amides is 2. The van der Waals surface area contributed by atoms with Gasteiger partial charge in [0.1, 0.15) is 0 Å². The van der Waals surface area contributed by atoms with Crippen LogP contribution in [-0.2, 0) is 16.0 Å². The number of hydrogen-bond donors (Lipinski definition) is 0. The molecule has 5 heteroatoms. The third-order valence-corrected chi connectivity index (χ3v) is 6.84. The molecule has 1 saturated heterocycles. The minimum atomic E-state index is -0.478. The summed E-state index contributed by atoms with van der Waals surface area (Å²) in [6.07, 6.45) is 6.75. The van der Waals surface area contributed by atoms with Crippen LogP contribution in [0, 0.1) is 17.3 Å². The summed E-state index contributed by atoms with van der Waals surface area (Å²) in [7, 11) is 3.67. The van der Waals surface area contributed by atoms with Crippen molar-refractivity contribution in [2.75, 3.05) is 27.2 Å². The van der Waals surface area contributed by atoms with E-state index >= 15 is 0 Å². The normalized spacial score (nSPS) is 22.4. The largest absolute Gasteiger partial charge is 0.348 e. The maximum atomic E-state index is 13.4.